The molecule has 1 aliphatic heterocycles. The summed E-state index contributed by atoms with van der Waals surface area (Å²) in [6.07, 6.45) is 7.83. The van der Waals surface area contributed by atoms with Gasteiger partial charge in [-0.2, -0.15) is 0 Å². The van der Waals surface area contributed by atoms with Crippen LogP contribution in [-0.4, -0.2) is 39.3 Å². The smallest absolute Gasteiger partial charge is 0.142 e. The number of nitrogens with one attached hydrogen (secondary N) is 1. The topological polar surface area (TPSA) is 16.9 Å². The highest BCUT2D eigenvalue weighted by atomic mass is 16.5. The molecule has 1 saturated heterocycles. The van der Waals surface area contributed by atoms with Crippen LogP contribution in [0.4, 0.5) is 5.69 Å². The fourth-order valence-electron chi connectivity index (χ4n) is 4.76. The summed E-state index contributed by atoms with van der Waals surface area (Å²) in [6, 6.07) is 8.49. The lowest BCUT2D eigenvalue weighted by Gasteiger charge is -2.36. The Morgan fingerprint density at radius 2 is 1.96 bits per heavy atom. The molecule has 0 radical (unpaired) electrons. The number of quaternary nitrogens is 1. The Labute approximate surface area is 139 Å². The van der Waals surface area contributed by atoms with Crippen LogP contribution in [-0.2, 0) is 0 Å². The monoisotopic (exact) mass is 313 g/mol. The van der Waals surface area contributed by atoms with Crippen LogP contribution >= 0.6 is 0 Å². The fourth-order valence-corrected chi connectivity index (χ4v) is 4.76. The molecule has 1 heterocycles. The molecule has 0 spiro atoms. The van der Waals surface area contributed by atoms with Crippen LogP contribution in [0, 0.1) is 17.8 Å². The Morgan fingerprint density at radius 3 is 2.65 bits per heavy atom. The number of fused-ring (bicyclic) bond motifs is 2. The molecule has 2 fully saturated rings. The number of ether oxygens (including phenoxy) is 1. The Balaban J connectivity index is 1.33. The molecule has 0 amide bonds. The van der Waals surface area contributed by atoms with E-state index in [-0.39, 0.29) is 0 Å². The number of hydrogen-bond acceptors (Lipinski definition) is 2. The zero-order chi connectivity index (χ0) is 15.6. The first-order chi connectivity index (χ1) is 11.3. The lowest BCUT2D eigenvalue weighted by Crippen LogP contribution is -3.15. The van der Waals surface area contributed by atoms with Crippen molar-refractivity contribution in [2.75, 3.05) is 44.2 Å². The van der Waals surface area contributed by atoms with Gasteiger partial charge in [-0.1, -0.05) is 24.3 Å². The van der Waals surface area contributed by atoms with E-state index in [2.05, 4.69) is 48.2 Å². The summed E-state index contributed by atoms with van der Waals surface area (Å²) in [5.41, 5.74) is 1.27. The molecule has 3 aliphatic rings. The lowest BCUT2D eigenvalue weighted by atomic mass is 9.93. The molecule has 4 rings (SSSR count). The Kier molecular flexibility index (Phi) is 4.30. The molecule has 0 aromatic heterocycles. The van der Waals surface area contributed by atoms with Gasteiger partial charge in [0.15, 0.2) is 0 Å². The number of para-hydroxylation sites is 2. The van der Waals surface area contributed by atoms with Crippen molar-refractivity contribution in [3.63, 3.8) is 0 Å². The number of piperazine rings is 1. The molecule has 1 aromatic rings. The first kappa shape index (κ1) is 15.1. The molecule has 23 heavy (non-hydrogen) atoms. The molecule has 124 valence electrons. The van der Waals surface area contributed by atoms with Crippen molar-refractivity contribution in [3.05, 3.63) is 36.4 Å². The third-order valence-electron chi connectivity index (χ3n) is 5.94. The van der Waals surface area contributed by atoms with Crippen molar-refractivity contribution in [2.24, 2.45) is 17.8 Å². The van der Waals surface area contributed by atoms with Gasteiger partial charge in [0.1, 0.15) is 5.75 Å². The van der Waals surface area contributed by atoms with Crippen molar-refractivity contribution < 1.29 is 9.64 Å². The summed E-state index contributed by atoms with van der Waals surface area (Å²) in [7, 11) is 0. The fraction of sp³-hybridized carbons (Fsp3) is 0.600. The number of rotatable bonds is 5. The van der Waals surface area contributed by atoms with Gasteiger partial charge in [-0.25, -0.2) is 0 Å². The second-order valence-corrected chi connectivity index (χ2v) is 7.38. The number of anilines is 1. The minimum atomic E-state index is 0.736. The van der Waals surface area contributed by atoms with Gasteiger partial charge in [0.2, 0.25) is 0 Å². The Morgan fingerprint density at radius 1 is 1.13 bits per heavy atom. The predicted molar refractivity (Wildman–Crippen MR) is 94.2 cm³/mol. The molecule has 2 aliphatic carbocycles. The lowest BCUT2D eigenvalue weighted by molar-refractivity contribution is -0.904. The van der Waals surface area contributed by atoms with Crippen LogP contribution in [0.3, 0.4) is 0 Å². The first-order valence-electron chi connectivity index (χ1n) is 9.32. The van der Waals surface area contributed by atoms with Gasteiger partial charge in [-0.3, -0.25) is 0 Å². The van der Waals surface area contributed by atoms with Crippen LogP contribution in [0.1, 0.15) is 19.8 Å². The molecular formula is C20H29N2O+. The van der Waals surface area contributed by atoms with Gasteiger partial charge in [0.05, 0.1) is 45.0 Å². The molecule has 3 atom stereocenters. The van der Waals surface area contributed by atoms with Crippen molar-refractivity contribution in [1.29, 1.82) is 0 Å². The summed E-state index contributed by atoms with van der Waals surface area (Å²) < 4.78 is 5.80. The normalized spacial score (nSPS) is 30.1. The van der Waals surface area contributed by atoms with Gasteiger partial charge in [0, 0.05) is 5.92 Å². The third-order valence-corrected chi connectivity index (χ3v) is 5.94. The van der Waals surface area contributed by atoms with Crippen LogP contribution in [0.2, 0.25) is 0 Å². The van der Waals surface area contributed by atoms with Crippen molar-refractivity contribution in [1.82, 2.24) is 0 Å². The van der Waals surface area contributed by atoms with Crippen molar-refractivity contribution >= 4 is 5.69 Å². The minimum Gasteiger partial charge on any atom is -0.492 e. The molecule has 1 saturated carbocycles. The van der Waals surface area contributed by atoms with Crippen LogP contribution < -0.4 is 14.5 Å². The molecule has 1 N–H and O–H groups in total. The van der Waals surface area contributed by atoms with E-state index in [0.29, 0.717) is 0 Å². The van der Waals surface area contributed by atoms with Gasteiger partial charge in [-0.05, 0) is 43.7 Å². The van der Waals surface area contributed by atoms with Gasteiger partial charge >= 0.3 is 0 Å². The largest absolute Gasteiger partial charge is 0.492 e. The van der Waals surface area contributed by atoms with Crippen LogP contribution in [0.15, 0.2) is 36.4 Å². The summed E-state index contributed by atoms with van der Waals surface area (Å²) in [5.74, 6) is 3.78. The highest BCUT2D eigenvalue weighted by Gasteiger charge is 2.38. The highest BCUT2D eigenvalue weighted by molar-refractivity contribution is 5.58. The minimum absolute atomic E-state index is 0.736. The average Bonchev–Trinajstić information content (AvgIpc) is 3.19. The molecular weight excluding hydrogens is 284 g/mol. The van der Waals surface area contributed by atoms with E-state index >= 15 is 0 Å². The predicted octanol–water partition coefficient (Wildman–Crippen LogP) is 2.00. The maximum absolute atomic E-state index is 5.80. The van der Waals surface area contributed by atoms with E-state index in [1.54, 1.807) is 4.90 Å². The van der Waals surface area contributed by atoms with E-state index in [9.17, 15) is 0 Å². The first-order valence-corrected chi connectivity index (χ1v) is 9.32. The summed E-state index contributed by atoms with van der Waals surface area (Å²) >= 11 is 0. The van der Waals surface area contributed by atoms with Gasteiger partial charge in [-0.15, -0.1) is 0 Å². The summed E-state index contributed by atoms with van der Waals surface area (Å²) in [6.45, 7) is 9.00. The third kappa shape index (κ3) is 3.12. The Hall–Kier alpha value is -1.48. The second-order valence-electron chi connectivity index (χ2n) is 7.38. The number of allylic oxidation sites excluding steroid dienone is 2. The molecule has 3 heteroatoms. The van der Waals surface area contributed by atoms with Crippen molar-refractivity contribution in [3.8, 4) is 5.75 Å². The quantitative estimate of drug-likeness (QED) is 0.838. The van der Waals surface area contributed by atoms with E-state index in [4.69, 9.17) is 4.74 Å². The highest BCUT2D eigenvalue weighted by Crippen LogP contribution is 2.42. The van der Waals surface area contributed by atoms with Crippen LogP contribution in [0.25, 0.3) is 0 Å². The zero-order valence-corrected chi connectivity index (χ0v) is 14.2. The maximum Gasteiger partial charge on any atom is 0.142 e. The van der Waals surface area contributed by atoms with E-state index in [0.717, 1.165) is 43.2 Å². The Bertz CT molecular complexity index is 563. The van der Waals surface area contributed by atoms with E-state index < -0.39 is 0 Å². The summed E-state index contributed by atoms with van der Waals surface area (Å²) in [4.78, 5) is 4.32. The summed E-state index contributed by atoms with van der Waals surface area (Å²) in [5, 5.41) is 0. The van der Waals surface area contributed by atoms with Crippen molar-refractivity contribution in [2.45, 2.75) is 19.8 Å². The average molecular weight is 313 g/mol. The van der Waals surface area contributed by atoms with Crippen LogP contribution in [0.5, 0.6) is 5.75 Å². The maximum atomic E-state index is 5.80. The number of nitrogens with zero attached hydrogens (tertiary/aromatic N) is 1. The number of hydrogen-bond donors (Lipinski definition) is 1. The molecule has 2 bridgehead atoms. The van der Waals surface area contributed by atoms with E-state index in [1.165, 1.54) is 38.2 Å². The van der Waals surface area contributed by atoms with Gasteiger partial charge < -0.3 is 14.5 Å². The standard InChI is InChI=1S/C20H28N2O/c1-2-23-20-6-4-3-5-19(20)22-11-9-21(10-12-22)15-18-14-16-7-8-17(18)13-16/h3-8,16-18H,2,9-15H2,1H3/p+1/t16-,17+,18-/m1/s1. The van der Waals surface area contributed by atoms with Gasteiger partial charge in [0.25, 0.3) is 0 Å². The van der Waals surface area contributed by atoms with E-state index in [1.807, 2.05) is 0 Å². The second kappa shape index (κ2) is 6.56. The molecule has 1 aromatic carbocycles. The number of benzene rings is 1. The molecule has 3 nitrogen and oxygen atoms in total. The molecule has 0 unspecified atom stereocenters. The zero-order valence-electron chi connectivity index (χ0n) is 14.2. The SMILES string of the molecule is CCOc1ccccc1N1CC[NH+](C[C@H]2C[C@@H]3C=C[C@H]2C3)CC1.